The highest BCUT2D eigenvalue weighted by atomic mass is 79.9. The van der Waals surface area contributed by atoms with Crippen LogP contribution in [0.15, 0.2) is 50.2 Å². The van der Waals surface area contributed by atoms with E-state index in [0.717, 1.165) is 16.3 Å². The summed E-state index contributed by atoms with van der Waals surface area (Å²) in [6, 6.07) is 12.5. The van der Waals surface area contributed by atoms with Crippen LogP contribution in [0.5, 0.6) is 0 Å². The first kappa shape index (κ1) is 14.6. The molecule has 102 valence electrons. The van der Waals surface area contributed by atoms with Crippen LogP contribution in [-0.4, -0.2) is 14.7 Å². The van der Waals surface area contributed by atoms with Gasteiger partial charge in [-0.3, -0.25) is 0 Å². The Morgan fingerprint density at radius 1 is 1.30 bits per heavy atom. The zero-order valence-electron chi connectivity index (χ0n) is 10.5. The monoisotopic (exact) mass is 351 g/mol. The minimum Gasteiger partial charge on any atom is -0.457 e. The third-order valence-corrected chi connectivity index (χ3v) is 4.25. The van der Waals surface area contributed by atoms with Crippen molar-refractivity contribution in [1.82, 2.24) is 0 Å². The minimum absolute atomic E-state index is 0.317. The topological polar surface area (TPSA) is 71.1 Å². The summed E-state index contributed by atoms with van der Waals surface area (Å²) in [4.78, 5) is -0.328. The molecule has 0 unspecified atom stereocenters. The van der Waals surface area contributed by atoms with Gasteiger partial charge < -0.3 is 4.42 Å². The van der Waals surface area contributed by atoms with E-state index >= 15 is 0 Å². The molecule has 1 heterocycles. The average molecular weight is 352 g/mol. The number of halogens is 1. The number of hydrogen-bond acceptors (Lipinski definition) is 4. The Morgan fingerprint density at radius 2 is 2.00 bits per heavy atom. The molecule has 0 N–H and O–H groups in total. The van der Waals surface area contributed by atoms with Crippen molar-refractivity contribution in [2.75, 3.05) is 6.26 Å². The van der Waals surface area contributed by atoms with Crippen LogP contribution in [0.4, 0.5) is 0 Å². The van der Waals surface area contributed by atoms with Crippen LogP contribution in [0.2, 0.25) is 0 Å². The highest BCUT2D eigenvalue weighted by molar-refractivity contribution is 9.10. The Bertz CT molecular complexity index is 813. The largest absolute Gasteiger partial charge is 0.457 e. The van der Waals surface area contributed by atoms with E-state index in [4.69, 9.17) is 9.68 Å². The van der Waals surface area contributed by atoms with Crippen LogP contribution in [0.1, 0.15) is 5.76 Å². The number of nitrogens with zero attached hydrogens (tertiary/aromatic N) is 1. The van der Waals surface area contributed by atoms with Crippen LogP contribution in [0.25, 0.3) is 17.4 Å². The first-order chi connectivity index (χ1) is 9.41. The van der Waals surface area contributed by atoms with Gasteiger partial charge in [0.1, 0.15) is 22.5 Å². The van der Waals surface area contributed by atoms with Crippen molar-refractivity contribution in [1.29, 1.82) is 5.26 Å². The van der Waals surface area contributed by atoms with Crippen molar-refractivity contribution in [3.63, 3.8) is 0 Å². The van der Waals surface area contributed by atoms with Crippen molar-refractivity contribution >= 4 is 31.8 Å². The van der Waals surface area contributed by atoms with Gasteiger partial charge in [-0.25, -0.2) is 8.42 Å². The summed E-state index contributed by atoms with van der Waals surface area (Å²) in [5.74, 6) is 0.909. The molecule has 0 amide bonds. The fourth-order valence-corrected chi connectivity index (χ4v) is 2.56. The Morgan fingerprint density at radius 3 is 2.60 bits per heavy atom. The third kappa shape index (κ3) is 3.18. The van der Waals surface area contributed by atoms with E-state index in [9.17, 15) is 8.42 Å². The van der Waals surface area contributed by atoms with Crippen LogP contribution < -0.4 is 0 Å². The van der Waals surface area contributed by atoms with E-state index in [2.05, 4.69) is 15.9 Å². The van der Waals surface area contributed by atoms with Gasteiger partial charge in [-0.05, 0) is 18.2 Å². The lowest BCUT2D eigenvalue weighted by atomic mass is 10.2. The van der Waals surface area contributed by atoms with Crippen molar-refractivity contribution in [2.24, 2.45) is 0 Å². The molecule has 0 aliphatic heterocycles. The lowest BCUT2D eigenvalue weighted by molar-refractivity contribution is 0.571. The Hall–Kier alpha value is -1.84. The zero-order chi connectivity index (χ0) is 14.8. The smallest absolute Gasteiger partial charge is 0.185 e. The molecule has 0 bridgehead atoms. The molecule has 2 aromatic rings. The van der Waals surface area contributed by atoms with E-state index in [1.165, 1.54) is 6.08 Å². The van der Waals surface area contributed by atoms with Crippen molar-refractivity contribution in [3.05, 3.63) is 51.5 Å². The predicted molar refractivity (Wildman–Crippen MR) is 80.3 cm³/mol. The number of allylic oxidation sites excluding steroid dienone is 1. The molecule has 4 nitrogen and oxygen atoms in total. The second kappa shape index (κ2) is 5.65. The van der Waals surface area contributed by atoms with E-state index in [-0.39, 0.29) is 4.91 Å². The number of nitriles is 1. The van der Waals surface area contributed by atoms with E-state index in [1.807, 2.05) is 24.3 Å². The summed E-state index contributed by atoms with van der Waals surface area (Å²) >= 11 is 3.41. The maximum atomic E-state index is 11.4. The fraction of sp³-hybridized carbons (Fsp3) is 0.0714. The molecule has 0 aliphatic rings. The summed E-state index contributed by atoms with van der Waals surface area (Å²) in [6.45, 7) is 0. The van der Waals surface area contributed by atoms with Gasteiger partial charge in [-0.1, -0.05) is 34.1 Å². The summed E-state index contributed by atoms with van der Waals surface area (Å²) < 4.78 is 29.1. The Kier molecular flexibility index (Phi) is 4.12. The van der Waals surface area contributed by atoms with Gasteiger partial charge in [0.05, 0.1) is 0 Å². The molecule has 6 heteroatoms. The second-order valence-corrected chi connectivity index (χ2v) is 6.91. The molecular weight excluding hydrogens is 342 g/mol. The number of furan rings is 1. The Labute approximate surface area is 125 Å². The van der Waals surface area contributed by atoms with Crippen molar-refractivity contribution in [3.8, 4) is 17.4 Å². The van der Waals surface area contributed by atoms with Crippen LogP contribution in [-0.2, 0) is 9.84 Å². The number of benzene rings is 1. The average Bonchev–Trinajstić information content (AvgIpc) is 2.83. The summed E-state index contributed by atoms with van der Waals surface area (Å²) in [6.07, 6.45) is 2.20. The van der Waals surface area contributed by atoms with E-state index < -0.39 is 9.84 Å². The third-order valence-electron chi connectivity index (χ3n) is 2.55. The van der Waals surface area contributed by atoms with Gasteiger partial charge in [0, 0.05) is 22.4 Å². The van der Waals surface area contributed by atoms with Crippen molar-refractivity contribution < 1.29 is 12.8 Å². The normalized spacial score (nSPS) is 12.2. The van der Waals surface area contributed by atoms with E-state index in [0.29, 0.717) is 11.5 Å². The first-order valence-corrected chi connectivity index (χ1v) is 8.27. The standard InChI is InChI=1S/C14H10BrNO3S/c1-20(17,18)11(9-16)8-10-6-7-14(19-10)12-4-2-3-5-13(12)15/h2-8H,1H3. The molecule has 0 saturated heterocycles. The van der Waals surface area contributed by atoms with Gasteiger partial charge in [-0.15, -0.1) is 0 Å². The summed E-state index contributed by atoms with van der Waals surface area (Å²) in [5.41, 5.74) is 0.852. The molecular formula is C14H10BrNO3S. The molecule has 20 heavy (non-hydrogen) atoms. The highest BCUT2D eigenvalue weighted by Gasteiger charge is 2.12. The number of sulfone groups is 1. The first-order valence-electron chi connectivity index (χ1n) is 5.58. The predicted octanol–water partition coefficient (Wildman–Crippen LogP) is 3.62. The lowest BCUT2D eigenvalue weighted by Gasteiger charge is -1.99. The molecule has 2 rings (SSSR count). The van der Waals surface area contributed by atoms with Gasteiger partial charge >= 0.3 is 0 Å². The molecule has 0 fully saturated rings. The van der Waals surface area contributed by atoms with E-state index in [1.54, 1.807) is 18.2 Å². The summed E-state index contributed by atoms with van der Waals surface area (Å²) in [5, 5.41) is 8.84. The highest BCUT2D eigenvalue weighted by Crippen LogP contribution is 2.30. The van der Waals surface area contributed by atoms with Crippen LogP contribution in [0, 0.1) is 11.3 Å². The number of hydrogen-bond donors (Lipinski definition) is 0. The second-order valence-electron chi connectivity index (χ2n) is 4.07. The molecule has 0 spiro atoms. The van der Waals surface area contributed by atoms with Crippen LogP contribution >= 0.6 is 15.9 Å². The van der Waals surface area contributed by atoms with Gasteiger partial charge in [-0.2, -0.15) is 5.26 Å². The molecule has 0 aliphatic carbocycles. The van der Waals surface area contributed by atoms with Crippen molar-refractivity contribution in [2.45, 2.75) is 0 Å². The minimum atomic E-state index is -3.55. The SMILES string of the molecule is CS(=O)(=O)C(C#N)=Cc1ccc(-c2ccccc2Br)o1. The molecule has 0 saturated carbocycles. The molecule has 0 atom stereocenters. The number of rotatable bonds is 3. The molecule has 1 aromatic carbocycles. The summed E-state index contributed by atoms with van der Waals surface area (Å²) in [7, 11) is -3.55. The fourth-order valence-electron chi connectivity index (χ4n) is 1.59. The Balaban J connectivity index is 2.43. The maximum absolute atomic E-state index is 11.4. The van der Waals surface area contributed by atoms with Gasteiger partial charge in [0.25, 0.3) is 0 Å². The van der Waals surface area contributed by atoms with Gasteiger partial charge in [0.2, 0.25) is 0 Å². The van der Waals surface area contributed by atoms with Gasteiger partial charge in [0.15, 0.2) is 9.84 Å². The molecule has 1 aromatic heterocycles. The lowest BCUT2D eigenvalue weighted by Crippen LogP contribution is -1.97. The molecule has 0 radical (unpaired) electrons. The maximum Gasteiger partial charge on any atom is 0.185 e. The van der Waals surface area contributed by atoms with Crippen LogP contribution in [0.3, 0.4) is 0 Å². The zero-order valence-corrected chi connectivity index (χ0v) is 12.9. The quantitative estimate of drug-likeness (QED) is 0.791.